The standard InChI is InChI=1S/C24H19N5O/c30-24-28-21-10-9-18(13-22(21)29(24)23-8-4-5-11-26-23)19-12-20(16-25-15-19)27-14-17-6-2-1-3-7-17/h1-13,15-16,27H,14H2,(H,28,30). The van der Waals surface area contributed by atoms with Gasteiger partial charge in [-0.1, -0.05) is 42.5 Å². The average molecular weight is 393 g/mol. The van der Waals surface area contributed by atoms with E-state index in [1.807, 2.05) is 67.0 Å². The second-order valence-electron chi connectivity index (χ2n) is 6.99. The van der Waals surface area contributed by atoms with Crippen molar-refractivity contribution in [3.63, 3.8) is 0 Å². The smallest absolute Gasteiger partial charge is 0.332 e. The second kappa shape index (κ2) is 7.67. The molecule has 0 saturated carbocycles. The highest BCUT2D eigenvalue weighted by Gasteiger charge is 2.11. The normalized spacial score (nSPS) is 10.9. The minimum absolute atomic E-state index is 0.211. The lowest BCUT2D eigenvalue weighted by Crippen LogP contribution is -2.15. The number of aromatic nitrogens is 4. The molecule has 0 unspecified atom stereocenters. The van der Waals surface area contributed by atoms with Crippen LogP contribution in [0.3, 0.4) is 0 Å². The van der Waals surface area contributed by atoms with Crippen LogP contribution in [0.2, 0.25) is 0 Å². The average Bonchev–Trinajstić information content (AvgIpc) is 3.14. The number of H-pyrrole nitrogens is 1. The Kier molecular flexibility index (Phi) is 4.57. The van der Waals surface area contributed by atoms with Crippen LogP contribution in [0.4, 0.5) is 5.69 Å². The van der Waals surface area contributed by atoms with Gasteiger partial charge in [0.25, 0.3) is 0 Å². The Morgan fingerprint density at radius 3 is 2.60 bits per heavy atom. The van der Waals surface area contributed by atoms with Gasteiger partial charge in [0.05, 0.1) is 16.7 Å². The van der Waals surface area contributed by atoms with E-state index in [1.165, 1.54) is 5.56 Å². The van der Waals surface area contributed by atoms with Gasteiger partial charge in [-0.2, -0.15) is 0 Å². The number of fused-ring (bicyclic) bond motifs is 1. The molecule has 0 bridgehead atoms. The molecular weight excluding hydrogens is 374 g/mol. The maximum atomic E-state index is 12.5. The number of aromatic amines is 1. The monoisotopic (exact) mass is 393 g/mol. The highest BCUT2D eigenvalue weighted by molar-refractivity contribution is 5.83. The first-order valence-corrected chi connectivity index (χ1v) is 9.67. The van der Waals surface area contributed by atoms with Gasteiger partial charge in [-0.25, -0.2) is 14.3 Å². The lowest BCUT2D eigenvalue weighted by molar-refractivity contribution is 0.966. The van der Waals surface area contributed by atoms with Crippen LogP contribution in [0, 0.1) is 0 Å². The molecule has 0 aliphatic carbocycles. The number of nitrogens with zero attached hydrogens (tertiary/aromatic N) is 3. The summed E-state index contributed by atoms with van der Waals surface area (Å²) in [7, 11) is 0. The third-order valence-electron chi connectivity index (χ3n) is 4.97. The van der Waals surface area contributed by atoms with Crippen molar-refractivity contribution in [1.29, 1.82) is 0 Å². The molecular formula is C24H19N5O. The third kappa shape index (κ3) is 3.46. The Hall–Kier alpha value is -4.19. The third-order valence-corrected chi connectivity index (χ3v) is 4.97. The van der Waals surface area contributed by atoms with E-state index in [2.05, 4.69) is 38.5 Å². The van der Waals surface area contributed by atoms with Crippen LogP contribution < -0.4 is 11.0 Å². The summed E-state index contributed by atoms with van der Waals surface area (Å²) in [5.74, 6) is 0.585. The number of anilines is 1. The first kappa shape index (κ1) is 17.9. The van der Waals surface area contributed by atoms with Crippen molar-refractivity contribution in [3.05, 3.63) is 107 Å². The summed E-state index contributed by atoms with van der Waals surface area (Å²) in [6.07, 6.45) is 5.31. The molecule has 0 saturated heterocycles. The quantitative estimate of drug-likeness (QED) is 0.464. The number of rotatable bonds is 5. The predicted octanol–water partition coefficient (Wildman–Crippen LogP) is 4.39. The Morgan fingerprint density at radius 1 is 0.900 bits per heavy atom. The zero-order chi connectivity index (χ0) is 20.3. The van der Waals surface area contributed by atoms with E-state index in [-0.39, 0.29) is 5.69 Å². The van der Waals surface area contributed by atoms with Gasteiger partial charge in [0.1, 0.15) is 5.82 Å². The van der Waals surface area contributed by atoms with Gasteiger partial charge < -0.3 is 10.3 Å². The summed E-state index contributed by atoms with van der Waals surface area (Å²) in [5.41, 5.74) is 5.42. The van der Waals surface area contributed by atoms with Gasteiger partial charge in [0.2, 0.25) is 0 Å². The molecule has 0 fully saturated rings. The first-order chi connectivity index (χ1) is 14.8. The van der Waals surface area contributed by atoms with Crippen molar-refractivity contribution in [2.45, 2.75) is 6.54 Å². The SMILES string of the molecule is O=c1[nH]c2ccc(-c3cncc(NCc4ccccc4)c3)cc2n1-c1ccccn1. The van der Waals surface area contributed by atoms with E-state index in [4.69, 9.17) is 0 Å². The highest BCUT2D eigenvalue weighted by Crippen LogP contribution is 2.26. The molecule has 5 aromatic rings. The summed E-state index contributed by atoms with van der Waals surface area (Å²) in [4.78, 5) is 24.1. The van der Waals surface area contributed by atoms with Crippen LogP contribution in [0.5, 0.6) is 0 Å². The molecule has 0 radical (unpaired) electrons. The van der Waals surface area contributed by atoms with Gasteiger partial charge in [-0.05, 0) is 41.5 Å². The molecule has 0 atom stereocenters. The molecule has 5 rings (SSSR count). The van der Waals surface area contributed by atoms with E-state index in [0.717, 1.165) is 34.4 Å². The molecule has 30 heavy (non-hydrogen) atoms. The molecule has 146 valence electrons. The number of hydrogen-bond acceptors (Lipinski definition) is 4. The van der Waals surface area contributed by atoms with Gasteiger partial charge in [0, 0.05) is 30.7 Å². The maximum Gasteiger partial charge on any atom is 0.332 e. The zero-order valence-electron chi connectivity index (χ0n) is 16.1. The fraction of sp³-hybridized carbons (Fsp3) is 0.0417. The fourth-order valence-electron chi connectivity index (χ4n) is 3.49. The van der Waals surface area contributed by atoms with Crippen LogP contribution in [0.1, 0.15) is 5.56 Å². The van der Waals surface area contributed by atoms with Gasteiger partial charge in [-0.3, -0.25) is 4.98 Å². The summed E-state index contributed by atoms with van der Waals surface area (Å²) < 4.78 is 1.59. The molecule has 2 N–H and O–H groups in total. The Morgan fingerprint density at radius 2 is 1.77 bits per heavy atom. The van der Waals surface area contributed by atoms with Crippen molar-refractivity contribution in [1.82, 2.24) is 19.5 Å². The topological polar surface area (TPSA) is 75.6 Å². The van der Waals surface area contributed by atoms with Crippen molar-refractivity contribution in [2.24, 2.45) is 0 Å². The molecule has 2 aromatic carbocycles. The molecule has 6 nitrogen and oxygen atoms in total. The highest BCUT2D eigenvalue weighted by atomic mass is 16.1. The van der Waals surface area contributed by atoms with E-state index in [0.29, 0.717) is 5.82 Å². The molecule has 0 spiro atoms. The number of hydrogen-bond donors (Lipinski definition) is 2. The molecule has 3 aromatic heterocycles. The molecule has 0 aliphatic rings. The first-order valence-electron chi connectivity index (χ1n) is 9.67. The molecule has 0 amide bonds. The summed E-state index contributed by atoms with van der Waals surface area (Å²) in [5, 5.41) is 3.42. The van der Waals surface area contributed by atoms with Crippen molar-refractivity contribution in [3.8, 4) is 16.9 Å². The molecule has 3 heterocycles. The summed E-state index contributed by atoms with van der Waals surface area (Å²) in [6.45, 7) is 0.724. The lowest BCUT2D eigenvalue weighted by Gasteiger charge is -2.09. The van der Waals surface area contributed by atoms with Crippen molar-refractivity contribution < 1.29 is 0 Å². The lowest BCUT2D eigenvalue weighted by atomic mass is 10.1. The summed E-state index contributed by atoms with van der Waals surface area (Å²) in [6, 6.07) is 23.7. The molecule has 0 aliphatic heterocycles. The molecule has 6 heteroatoms. The fourth-order valence-corrected chi connectivity index (χ4v) is 3.49. The van der Waals surface area contributed by atoms with Gasteiger partial charge in [0.15, 0.2) is 0 Å². The van der Waals surface area contributed by atoms with Gasteiger partial charge in [-0.15, -0.1) is 0 Å². The maximum absolute atomic E-state index is 12.5. The second-order valence-corrected chi connectivity index (χ2v) is 6.99. The number of imidazole rings is 1. The van der Waals surface area contributed by atoms with Crippen molar-refractivity contribution in [2.75, 3.05) is 5.32 Å². The van der Waals surface area contributed by atoms with Crippen LogP contribution in [-0.4, -0.2) is 19.5 Å². The van der Waals surface area contributed by atoms with Crippen LogP contribution in [0.15, 0.2) is 96.2 Å². The number of nitrogens with one attached hydrogen (secondary N) is 2. The Bertz CT molecular complexity index is 1360. The Balaban J connectivity index is 1.50. The largest absolute Gasteiger partial charge is 0.380 e. The summed E-state index contributed by atoms with van der Waals surface area (Å²) >= 11 is 0. The van der Waals surface area contributed by atoms with E-state index >= 15 is 0 Å². The van der Waals surface area contributed by atoms with Gasteiger partial charge >= 0.3 is 5.69 Å². The number of benzene rings is 2. The number of pyridine rings is 2. The minimum Gasteiger partial charge on any atom is -0.380 e. The van der Waals surface area contributed by atoms with E-state index in [1.54, 1.807) is 10.8 Å². The Labute approximate surface area is 172 Å². The van der Waals surface area contributed by atoms with Crippen LogP contribution >= 0.6 is 0 Å². The van der Waals surface area contributed by atoms with Crippen LogP contribution in [0.25, 0.3) is 28.0 Å². The van der Waals surface area contributed by atoms with E-state index < -0.39 is 0 Å². The zero-order valence-corrected chi connectivity index (χ0v) is 16.1. The van der Waals surface area contributed by atoms with Crippen LogP contribution in [-0.2, 0) is 6.54 Å². The predicted molar refractivity (Wildman–Crippen MR) is 119 cm³/mol. The minimum atomic E-state index is -0.211. The van der Waals surface area contributed by atoms with E-state index in [9.17, 15) is 4.79 Å². The van der Waals surface area contributed by atoms with Crippen molar-refractivity contribution >= 4 is 16.7 Å².